The largest absolute Gasteiger partial charge is 0.457 e. The monoisotopic (exact) mass is 487 g/mol. The molecule has 0 unspecified atom stereocenters. The van der Waals surface area contributed by atoms with Gasteiger partial charge < -0.3 is 15.4 Å². The van der Waals surface area contributed by atoms with Gasteiger partial charge in [-0.15, -0.1) is 11.3 Å². The number of aryl methyl sites for hydroxylation is 1. The molecule has 0 aliphatic heterocycles. The lowest BCUT2D eigenvalue weighted by atomic mass is 10.1. The van der Waals surface area contributed by atoms with Crippen LogP contribution in [0.4, 0.5) is 11.4 Å². The van der Waals surface area contributed by atoms with E-state index < -0.39 is 0 Å². The van der Waals surface area contributed by atoms with Crippen molar-refractivity contribution in [3.05, 3.63) is 105 Å². The lowest BCUT2D eigenvalue weighted by molar-refractivity contribution is 0.101. The highest BCUT2D eigenvalue weighted by molar-refractivity contribution is 7.12. The Balaban J connectivity index is 1.45. The molecule has 0 bridgehead atoms. The third-order valence-electron chi connectivity index (χ3n) is 4.89. The number of carbonyl (C=O) groups excluding carboxylic acids is 2. The maximum absolute atomic E-state index is 12.9. The minimum Gasteiger partial charge on any atom is -0.457 e. The summed E-state index contributed by atoms with van der Waals surface area (Å²) in [5.74, 6) is 0.578. The average Bonchev–Trinajstić information content (AvgIpc) is 3.38. The minimum atomic E-state index is -0.341. The summed E-state index contributed by atoms with van der Waals surface area (Å²) in [6.07, 6.45) is 0. The molecule has 34 heavy (non-hydrogen) atoms. The van der Waals surface area contributed by atoms with Gasteiger partial charge in [-0.25, -0.2) is 0 Å². The van der Waals surface area contributed by atoms with Crippen LogP contribution in [0, 0.1) is 18.3 Å². The number of carbonyl (C=O) groups is 2. The van der Waals surface area contributed by atoms with E-state index in [1.54, 1.807) is 66.7 Å². The van der Waals surface area contributed by atoms with Crippen LogP contribution in [-0.2, 0) is 0 Å². The fraction of sp³-hybridized carbons (Fsp3) is 0.0385. The number of nitrogens with one attached hydrogen (secondary N) is 2. The van der Waals surface area contributed by atoms with Gasteiger partial charge in [0.15, 0.2) is 0 Å². The van der Waals surface area contributed by atoms with Gasteiger partial charge >= 0.3 is 0 Å². The first-order chi connectivity index (χ1) is 16.4. The number of rotatable bonds is 6. The van der Waals surface area contributed by atoms with Crippen molar-refractivity contribution in [3.63, 3.8) is 0 Å². The van der Waals surface area contributed by atoms with Crippen LogP contribution in [0.25, 0.3) is 0 Å². The topological polar surface area (TPSA) is 91.2 Å². The number of halogens is 1. The van der Waals surface area contributed by atoms with E-state index in [0.717, 1.165) is 5.56 Å². The second-order valence-corrected chi connectivity index (χ2v) is 8.65. The van der Waals surface area contributed by atoms with Gasteiger partial charge in [0.1, 0.15) is 11.5 Å². The molecule has 0 saturated carbocycles. The third-order valence-corrected chi connectivity index (χ3v) is 6.09. The van der Waals surface area contributed by atoms with Crippen LogP contribution >= 0.6 is 22.9 Å². The fourth-order valence-corrected chi connectivity index (χ4v) is 3.91. The molecular weight excluding hydrogens is 470 g/mol. The Morgan fingerprint density at radius 2 is 1.65 bits per heavy atom. The van der Waals surface area contributed by atoms with Crippen LogP contribution in [-0.4, -0.2) is 11.8 Å². The molecule has 0 atom stereocenters. The van der Waals surface area contributed by atoms with Crippen LogP contribution in [0.1, 0.15) is 31.2 Å². The SMILES string of the molecule is Cc1cc(Oc2ccc(C#N)cc2)ccc1NC(=O)c1ccc(Cl)c(NC(=O)c2cccs2)c1. The average molecular weight is 488 g/mol. The summed E-state index contributed by atoms with van der Waals surface area (Å²) >= 11 is 7.54. The number of amides is 2. The quantitative estimate of drug-likeness (QED) is 0.310. The molecule has 4 rings (SSSR count). The Bertz CT molecular complexity index is 1390. The molecule has 1 heterocycles. The molecule has 2 N–H and O–H groups in total. The van der Waals surface area contributed by atoms with Crippen LogP contribution in [0.3, 0.4) is 0 Å². The van der Waals surface area contributed by atoms with Crippen LogP contribution in [0.15, 0.2) is 78.2 Å². The maximum Gasteiger partial charge on any atom is 0.265 e. The molecule has 0 fully saturated rings. The van der Waals surface area contributed by atoms with Gasteiger partial charge in [0.05, 0.1) is 27.2 Å². The molecule has 8 heteroatoms. The molecule has 2 amide bonds. The van der Waals surface area contributed by atoms with Gasteiger partial charge in [-0.2, -0.15) is 5.26 Å². The summed E-state index contributed by atoms with van der Waals surface area (Å²) in [6, 6.07) is 22.4. The summed E-state index contributed by atoms with van der Waals surface area (Å²) in [4.78, 5) is 25.8. The van der Waals surface area contributed by atoms with E-state index in [9.17, 15) is 9.59 Å². The molecule has 4 aromatic rings. The second-order valence-electron chi connectivity index (χ2n) is 7.30. The number of hydrogen-bond acceptors (Lipinski definition) is 5. The highest BCUT2D eigenvalue weighted by atomic mass is 35.5. The molecule has 0 radical (unpaired) electrons. The maximum atomic E-state index is 12.9. The van der Waals surface area contributed by atoms with Crippen molar-refractivity contribution in [2.45, 2.75) is 6.92 Å². The number of thiophene rings is 1. The predicted octanol–water partition coefficient (Wildman–Crippen LogP) is 6.88. The Morgan fingerprint density at radius 1 is 0.912 bits per heavy atom. The van der Waals surface area contributed by atoms with Crippen LogP contribution < -0.4 is 15.4 Å². The third kappa shape index (κ3) is 5.44. The van der Waals surface area contributed by atoms with Crippen molar-refractivity contribution in [2.75, 3.05) is 10.6 Å². The molecule has 0 aliphatic rings. The second kappa shape index (κ2) is 10.2. The van der Waals surface area contributed by atoms with Gasteiger partial charge in [-0.05, 0) is 84.6 Å². The normalized spacial score (nSPS) is 10.3. The first kappa shape index (κ1) is 23.1. The number of benzene rings is 3. The Morgan fingerprint density at radius 3 is 2.32 bits per heavy atom. The standard InChI is InChI=1S/C26H18ClN3O3S/c1-16-13-20(33-19-7-4-17(15-28)5-8-19)9-11-22(16)29-25(31)18-6-10-21(27)23(14-18)30-26(32)24-3-2-12-34-24/h2-14H,1H3,(H,29,31)(H,30,32). The zero-order chi connectivity index (χ0) is 24.1. The molecule has 3 aromatic carbocycles. The smallest absolute Gasteiger partial charge is 0.265 e. The van der Waals surface area contributed by atoms with Crippen molar-refractivity contribution < 1.29 is 14.3 Å². The van der Waals surface area contributed by atoms with E-state index >= 15 is 0 Å². The highest BCUT2D eigenvalue weighted by Crippen LogP contribution is 2.28. The van der Waals surface area contributed by atoms with E-state index in [1.807, 2.05) is 18.4 Å². The number of anilines is 2. The molecule has 0 aliphatic carbocycles. The van der Waals surface area contributed by atoms with Crippen molar-refractivity contribution in [3.8, 4) is 17.6 Å². The van der Waals surface area contributed by atoms with Crippen LogP contribution in [0.2, 0.25) is 5.02 Å². The summed E-state index contributed by atoms with van der Waals surface area (Å²) in [5.41, 5.74) is 2.69. The summed E-state index contributed by atoms with van der Waals surface area (Å²) in [5, 5.41) is 16.7. The van der Waals surface area contributed by atoms with Crippen LogP contribution in [0.5, 0.6) is 11.5 Å². The van der Waals surface area contributed by atoms with Gasteiger partial charge in [-0.1, -0.05) is 17.7 Å². The fourth-order valence-electron chi connectivity index (χ4n) is 3.12. The Labute approximate surface area is 205 Å². The van der Waals surface area contributed by atoms with E-state index in [4.69, 9.17) is 21.6 Å². The molecular formula is C26H18ClN3O3S. The number of ether oxygens (including phenoxy) is 1. The van der Waals surface area contributed by atoms with E-state index in [0.29, 0.717) is 43.9 Å². The zero-order valence-electron chi connectivity index (χ0n) is 18.0. The zero-order valence-corrected chi connectivity index (χ0v) is 19.5. The number of nitriles is 1. The lowest BCUT2D eigenvalue weighted by Crippen LogP contribution is -2.15. The van der Waals surface area contributed by atoms with Gasteiger partial charge in [0.2, 0.25) is 0 Å². The molecule has 0 spiro atoms. The Hall–Kier alpha value is -4.12. The minimum absolute atomic E-state index is 0.289. The van der Waals surface area contributed by atoms with E-state index in [-0.39, 0.29) is 11.8 Å². The predicted molar refractivity (Wildman–Crippen MR) is 134 cm³/mol. The molecule has 168 valence electrons. The Kier molecular flexibility index (Phi) is 6.93. The molecule has 1 aromatic heterocycles. The summed E-state index contributed by atoms with van der Waals surface area (Å²) in [6.45, 7) is 1.86. The first-order valence-corrected chi connectivity index (χ1v) is 11.4. The van der Waals surface area contributed by atoms with Gasteiger partial charge in [0.25, 0.3) is 11.8 Å². The van der Waals surface area contributed by atoms with Crippen molar-refractivity contribution in [2.24, 2.45) is 0 Å². The lowest BCUT2D eigenvalue weighted by Gasteiger charge is -2.13. The van der Waals surface area contributed by atoms with Gasteiger partial charge in [-0.3, -0.25) is 9.59 Å². The van der Waals surface area contributed by atoms with Crippen molar-refractivity contribution >= 4 is 46.1 Å². The highest BCUT2D eigenvalue weighted by Gasteiger charge is 2.14. The summed E-state index contributed by atoms with van der Waals surface area (Å²) in [7, 11) is 0. The van der Waals surface area contributed by atoms with Crippen molar-refractivity contribution in [1.29, 1.82) is 5.26 Å². The van der Waals surface area contributed by atoms with E-state index in [1.165, 1.54) is 11.3 Å². The molecule has 0 saturated heterocycles. The number of nitrogens with zero attached hydrogens (tertiary/aromatic N) is 1. The number of hydrogen-bond donors (Lipinski definition) is 2. The van der Waals surface area contributed by atoms with Gasteiger partial charge in [0, 0.05) is 11.3 Å². The molecule has 6 nitrogen and oxygen atoms in total. The van der Waals surface area contributed by atoms with Crippen molar-refractivity contribution in [1.82, 2.24) is 0 Å². The first-order valence-electron chi connectivity index (χ1n) is 10.2. The summed E-state index contributed by atoms with van der Waals surface area (Å²) < 4.78 is 5.82. The van der Waals surface area contributed by atoms with E-state index in [2.05, 4.69) is 16.7 Å².